The molecule has 0 aliphatic rings. The lowest BCUT2D eigenvalue weighted by Gasteiger charge is -2.10. The first kappa shape index (κ1) is 14.3. The van der Waals surface area contributed by atoms with Crippen LogP contribution in [0.15, 0.2) is 33.9 Å². The predicted molar refractivity (Wildman–Crippen MR) is 73.1 cm³/mol. The fourth-order valence-corrected chi connectivity index (χ4v) is 3.54. The SMILES string of the molecule is Cn1cc(S(=O)(=O)Nc2c(Cl)cc(F)cc2Br)cn1. The number of sulfonamides is 1. The standard InChI is InChI=1S/C10H8BrClFN3O2S/c1-16-5-7(4-14-16)19(17,18)15-10-8(11)2-6(13)3-9(10)12/h2-5,15H,1H3. The van der Waals surface area contributed by atoms with E-state index in [0.717, 1.165) is 12.1 Å². The Hall–Kier alpha value is -1.12. The Morgan fingerprint density at radius 1 is 1.47 bits per heavy atom. The number of aryl methyl sites for hydroxylation is 1. The van der Waals surface area contributed by atoms with Crippen molar-refractivity contribution >= 4 is 43.2 Å². The van der Waals surface area contributed by atoms with Crippen molar-refractivity contribution < 1.29 is 12.8 Å². The zero-order valence-electron chi connectivity index (χ0n) is 9.56. The quantitative estimate of drug-likeness (QED) is 0.906. The molecule has 0 bridgehead atoms. The van der Waals surface area contributed by atoms with Crippen molar-refractivity contribution in [2.24, 2.45) is 7.05 Å². The van der Waals surface area contributed by atoms with E-state index in [9.17, 15) is 12.8 Å². The van der Waals surface area contributed by atoms with Gasteiger partial charge in [-0.15, -0.1) is 0 Å². The fourth-order valence-electron chi connectivity index (χ4n) is 1.37. The number of hydrogen-bond donors (Lipinski definition) is 1. The maximum atomic E-state index is 13.1. The van der Waals surface area contributed by atoms with Gasteiger partial charge in [-0.1, -0.05) is 11.6 Å². The van der Waals surface area contributed by atoms with E-state index in [1.54, 1.807) is 7.05 Å². The average Bonchev–Trinajstić information content (AvgIpc) is 2.71. The van der Waals surface area contributed by atoms with Crippen LogP contribution in [0, 0.1) is 5.82 Å². The van der Waals surface area contributed by atoms with Crippen LogP contribution in [0.4, 0.5) is 10.1 Å². The molecule has 5 nitrogen and oxygen atoms in total. The van der Waals surface area contributed by atoms with Crippen molar-refractivity contribution in [1.29, 1.82) is 0 Å². The number of benzene rings is 1. The number of anilines is 1. The van der Waals surface area contributed by atoms with E-state index in [1.165, 1.54) is 17.1 Å². The second kappa shape index (κ2) is 5.10. The van der Waals surface area contributed by atoms with Crippen LogP contribution in [0.1, 0.15) is 0 Å². The molecule has 0 unspecified atom stereocenters. The summed E-state index contributed by atoms with van der Waals surface area (Å²) in [6.07, 6.45) is 2.54. The lowest BCUT2D eigenvalue weighted by atomic mass is 10.3. The van der Waals surface area contributed by atoms with Crippen LogP contribution in [0.3, 0.4) is 0 Å². The molecule has 1 aromatic heterocycles. The Bertz CT molecular complexity index is 709. The lowest BCUT2D eigenvalue weighted by molar-refractivity contribution is 0.600. The summed E-state index contributed by atoms with van der Waals surface area (Å²) >= 11 is 8.87. The maximum absolute atomic E-state index is 13.1. The maximum Gasteiger partial charge on any atom is 0.265 e. The molecule has 9 heteroatoms. The van der Waals surface area contributed by atoms with Gasteiger partial charge in [-0.2, -0.15) is 5.10 Å². The molecule has 102 valence electrons. The molecule has 0 saturated heterocycles. The Morgan fingerprint density at radius 3 is 2.68 bits per heavy atom. The highest BCUT2D eigenvalue weighted by Gasteiger charge is 2.19. The number of aromatic nitrogens is 2. The molecule has 0 amide bonds. The molecule has 1 heterocycles. The second-order valence-corrected chi connectivity index (χ2v) is 6.64. The number of rotatable bonds is 3. The van der Waals surface area contributed by atoms with E-state index in [0.29, 0.717) is 0 Å². The highest BCUT2D eigenvalue weighted by molar-refractivity contribution is 9.10. The number of hydrogen-bond acceptors (Lipinski definition) is 3. The lowest BCUT2D eigenvalue weighted by Crippen LogP contribution is -2.13. The molecule has 0 saturated carbocycles. The Kier molecular flexibility index (Phi) is 3.84. The third-order valence-electron chi connectivity index (χ3n) is 2.23. The van der Waals surface area contributed by atoms with Crippen LogP contribution in [-0.4, -0.2) is 18.2 Å². The van der Waals surface area contributed by atoms with Gasteiger partial charge in [0.05, 0.1) is 16.9 Å². The van der Waals surface area contributed by atoms with Crippen molar-refractivity contribution in [3.63, 3.8) is 0 Å². The summed E-state index contributed by atoms with van der Waals surface area (Å²) in [7, 11) is -2.22. The van der Waals surface area contributed by atoms with Gasteiger partial charge in [0.15, 0.2) is 0 Å². The smallest absolute Gasteiger partial charge is 0.265 e. The molecule has 0 atom stereocenters. The number of nitrogens with one attached hydrogen (secondary N) is 1. The highest BCUT2D eigenvalue weighted by atomic mass is 79.9. The number of nitrogens with zero attached hydrogens (tertiary/aromatic N) is 2. The minimum Gasteiger partial charge on any atom is -0.277 e. The monoisotopic (exact) mass is 367 g/mol. The molecule has 0 aliphatic heterocycles. The van der Waals surface area contributed by atoms with Gasteiger partial charge >= 0.3 is 0 Å². The zero-order chi connectivity index (χ0) is 14.2. The zero-order valence-corrected chi connectivity index (χ0v) is 12.7. The molecule has 1 aromatic carbocycles. The average molecular weight is 369 g/mol. The van der Waals surface area contributed by atoms with E-state index in [4.69, 9.17) is 11.6 Å². The normalized spacial score (nSPS) is 11.6. The Balaban J connectivity index is 2.41. The summed E-state index contributed by atoms with van der Waals surface area (Å²) in [5.74, 6) is -0.568. The second-order valence-electron chi connectivity index (χ2n) is 3.70. The Labute approximate surface area is 122 Å². The van der Waals surface area contributed by atoms with E-state index in [2.05, 4.69) is 25.8 Å². The molecule has 19 heavy (non-hydrogen) atoms. The number of halogens is 3. The minimum absolute atomic E-state index is 0.0118. The largest absolute Gasteiger partial charge is 0.277 e. The van der Waals surface area contributed by atoms with Crippen LogP contribution >= 0.6 is 27.5 Å². The van der Waals surface area contributed by atoms with Crippen molar-refractivity contribution in [2.75, 3.05) is 4.72 Å². The molecule has 0 radical (unpaired) electrons. The van der Waals surface area contributed by atoms with Gasteiger partial charge in [0.25, 0.3) is 10.0 Å². The molecular formula is C10H8BrClFN3O2S. The summed E-state index contributed by atoms with van der Waals surface area (Å²) in [6.45, 7) is 0. The van der Waals surface area contributed by atoms with Gasteiger partial charge in [0.1, 0.15) is 10.7 Å². The third-order valence-corrected chi connectivity index (χ3v) is 4.46. The topological polar surface area (TPSA) is 64.0 Å². The van der Waals surface area contributed by atoms with Crippen molar-refractivity contribution in [3.05, 3.63) is 39.8 Å². The molecule has 2 aromatic rings. The fraction of sp³-hybridized carbons (Fsp3) is 0.100. The minimum atomic E-state index is -3.82. The van der Waals surface area contributed by atoms with Gasteiger partial charge in [-0.05, 0) is 28.1 Å². The van der Waals surface area contributed by atoms with Crippen molar-refractivity contribution in [2.45, 2.75) is 4.90 Å². The predicted octanol–water partition coefficient (Wildman–Crippen LogP) is 2.78. The summed E-state index contributed by atoms with van der Waals surface area (Å²) < 4.78 is 41.1. The van der Waals surface area contributed by atoms with E-state index in [1.807, 2.05) is 0 Å². The summed E-state index contributed by atoms with van der Waals surface area (Å²) in [4.78, 5) is -0.0118. The van der Waals surface area contributed by atoms with Crippen LogP contribution in [0.5, 0.6) is 0 Å². The molecule has 2 rings (SSSR count). The van der Waals surface area contributed by atoms with Crippen LogP contribution in [-0.2, 0) is 17.1 Å². The van der Waals surface area contributed by atoms with Gasteiger partial charge in [-0.25, -0.2) is 12.8 Å². The molecule has 0 aliphatic carbocycles. The Morgan fingerprint density at radius 2 is 2.16 bits per heavy atom. The van der Waals surface area contributed by atoms with Crippen LogP contribution < -0.4 is 4.72 Å². The summed E-state index contributed by atoms with van der Waals surface area (Å²) in [5.41, 5.74) is 0.0759. The molecule has 0 fully saturated rings. The van der Waals surface area contributed by atoms with Crippen molar-refractivity contribution in [3.8, 4) is 0 Å². The van der Waals surface area contributed by atoms with Gasteiger partial charge < -0.3 is 0 Å². The van der Waals surface area contributed by atoms with Gasteiger partial charge in [-0.3, -0.25) is 9.40 Å². The third kappa shape index (κ3) is 3.07. The first-order valence-corrected chi connectivity index (χ1v) is 7.61. The summed E-state index contributed by atoms with van der Waals surface area (Å²) in [6, 6.07) is 2.14. The van der Waals surface area contributed by atoms with Gasteiger partial charge in [0, 0.05) is 17.7 Å². The first-order chi connectivity index (χ1) is 8.79. The first-order valence-electron chi connectivity index (χ1n) is 4.95. The highest BCUT2D eigenvalue weighted by Crippen LogP contribution is 2.33. The van der Waals surface area contributed by atoms with E-state index in [-0.39, 0.29) is 20.1 Å². The molecular weight excluding hydrogens is 361 g/mol. The van der Waals surface area contributed by atoms with E-state index >= 15 is 0 Å². The van der Waals surface area contributed by atoms with Crippen LogP contribution in [0.2, 0.25) is 5.02 Å². The van der Waals surface area contributed by atoms with Gasteiger partial charge in [0.2, 0.25) is 0 Å². The van der Waals surface area contributed by atoms with Crippen molar-refractivity contribution in [1.82, 2.24) is 9.78 Å². The van der Waals surface area contributed by atoms with E-state index < -0.39 is 15.8 Å². The summed E-state index contributed by atoms with van der Waals surface area (Å²) in [5, 5.41) is 3.73. The molecule has 0 spiro atoms. The van der Waals surface area contributed by atoms with Crippen LogP contribution in [0.25, 0.3) is 0 Å². The molecule has 1 N–H and O–H groups in total.